The molecule has 126 valence electrons. The third-order valence-corrected chi connectivity index (χ3v) is 3.58. The van der Waals surface area contributed by atoms with E-state index in [9.17, 15) is 9.59 Å². The number of benzene rings is 1. The van der Waals surface area contributed by atoms with Gasteiger partial charge in [0.15, 0.2) is 0 Å². The molecule has 0 spiro atoms. The second-order valence-electron chi connectivity index (χ2n) is 5.66. The molecule has 1 saturated heterocycles. The van der Waals surface area contributed by atoms with E-state index in [1.54, 1.807) is 13.8 Å². The highest BCUT2D eigenvalue weighted by atomic mass is 16.6. The van der Waals surface area contributed by atoms with Gasteiger partial charge in [-0.15, -0.1) is 0 Å². The second-order valence-corrected chi connectivity index (χ2v) is 5.66. The molecule has 2 amide bonds. The van der Waals surface area contributed by atoms with Gasteiger partial charge in [-0.3, -0.25) is 9.69 Å². The highest BCUT2D eigenvalue weighted by Crippen LogP contribution is 2.28. The Morgan fingerprint density at radius 3 is 2.70 bits per heavy atom. The molecule has 0 unspecified atom stereocenters. The van der Waals surface area contributed by atoms with Crippen LogP contribution in [0.25, 0.3) is 0 Å². The van der Waals surface area contributed by atoms with Gasteiger partial charge in [0.05, 0.1) is 6.61 Å². The van der Waals surface area contributed by atoms with Crippen molar-refractivity contribution in [3.63, 3.8) is 0 Å². The number of rotatable bonds is 5. The second kappa shape index (κ2) is 7.43. The number of carbonyl (C=O) groups is 2. The average Bonchev–Trinajstić information content (AvgIpc) is 2.86. The molecule has 1 aromatic rings. The smallest absolute Gasteiger partial charge is 0.413 e. The average molecular weight is 322 g/mol. The van der Waals surface area contributed by atoms with Gasteiger partial charge in [-0.1, -0.05) is 30.3 Å². The number of nitrogens with zero attached hydrogens (tertiary/aromatic N) is 1. The Morgan fingerprint density at radius 2 is 2.04 bits per heavy atom. The number of methoxy groups -OCH3 is 1. The third-order valence-electron chi connectivity index (χ3n) is 3.58. The van der Waals surface area contributed by atoms with Crippen LogP contribution in [0.1, 0.15) is 19.4 Å². The molecule has 1 aliphatic rings. The number of amides is 2. The van der Waals surface area contributed by atoms with Crippen LogP contribution >= 0.6 is 0 Å². The van der Waals surface area contributed by atoms with Crippen molar-refractivity contribution < 1.29 is 23.8 Å². The summed E-state index contributed by atoms with van der Waals surface area (Å²) in [6.45, 7) is 3.77. The van der Waals surface area contributed by atoms with E-state index in [0.717, 1.165) is 5.56 Å². The van der Waals surface area contributed by atoms with Gasteiger partial charge < -0.3 is 19.5 Å². The van der Waals surface area contributed by atoms with Crippen LogP contribution in [0.15, 0.2) is 30.3 Å². The maximum absolute atomic E-state index is 12.4. The van der Waals surface area contributed by atoms with Crippen molar-refractivity contribution >= 4 is 12.0 Å². The van der Waals surface area contributed by atoms with Gasteiger partial charge >= 0.3 is 6.09 Å². The highest BCUT2D eigenvalue weighted by molar-refractivity contribution is 5.86. The number of carbonyl (C=O) groups excluding carboxylic acids is 2. The predicted molar refractivity (Wildman–Crippen MR) is 82.3 cm³/mol. The predicted octanol–water partition coefficient (Wildman–Crippen LogP) is 1.48. The summed E-state index contributed by atoms with van der Waals surface area (Å²) in [7, 11) is 1.47. The van der Waals surface area contributed by atoms with Crippen LogP contribution in [-0.4, -0.2) is 49.1 Å². The minimum Gasteiger partial charge on any atom is -0.444 e. The van der Waals surface area contributed by atoms with Gasteiger partial charge in [0.25, 0.3) is 0 Å². The van der Waals surface area contributed by atoms with Crippen molar-refractivity contribution in [2.45, 2.75) is 32.2 Å². The Bertz CT molecular complexity index is 547. The lowest BCUT2D eigenvalue weighted by molar-refractivity contribution is -0.127. The van der Waals surface area contributed by atoms with Crippen molar-refractivity contribution in [1.29, 1.82) is 0 Å². The van der Waals surface area contributed by atoms with Crippen molar-refractivity contribution in [3.05, 3.63) is 35.9 Å². The van der Waals surface area contributed by atoms with E-state index < -0.39 is 17.9 Å². The van der Waals surface area contributed by atoms with Crippen LogP contribution in [0.3, 0.4) is 0 Å². The fraction of sp³-hybridized carbons (Fsp3) is 0.500. The molecule has 2 rings (SSSR count). The molecule has 7 heteroatoms. The van der Waals surface area contributed by atoms with Crippen LogP contribution in [0.5, 0.6) is 0 Å². The van der Waals surface area contributed by atoms with E-state index in [2.05, 4.69) is 5.32 Å². The molecule has 1 N–H and O–H groups in total. The molecule has 1 aromatic carbocycles. The molecule has 7 nitrogen and oxygen atoms in total. The molecule has 0 aliphatic carbocycles. The molecule has 0 radical (unpaired) electrons. The lowest BCUT2D eigenvalue weighted by Gasteiger charge is -2.32. The topological polar surface area (TPSA) is 77.1 Å². The maximum atomic E-state index is 12.4. The number of nitrogens with one attached hydrogen (secondary N) is 1. The van der Waals surface area contributed by atoms with Crippen molar-refractivity contribution in [1.82, 2.24) is 10.2 Å². The summed E-state index contributed by atoms with van der Waals surface area (Å²) < 4.78 is 15.7. The maximum Gasteiger partial charge on any atom is 0.413 e. The zero-order valence-electron chi connectivity index (χ0n) is 13.6. The van der Waals surface area contributed by atoms with Gasteiger partial charge in [-0.2, -0.15) is 0 Å². The summed E-state index contributed by atoms with van der Waals surface area (Å²) in [6, 6.07) is 8.60. The van der Waals surface area contributed by atoms with E-state index in [4.69, 9.17) is 14.2 Å². The fourth-order valence-electron chi connectivity index (χ4n) is 2.39. The zero-order valence-corrected chi connectivity index (χ0v) is 13.6. The van der Waals surface area contributed by atoms with Gasteiger partial charge in [0, 0.05) is 7.11 Å². The van der Waals surface area contributed by atoms with Gasteiger partial charge in [0.2, 0.25) is 5.91 Å². The standard InChI is InChI=1S/C16H22N2O5/c1-16(2)18(13(10-23-16)14(19)17-11-21-3)15(20)22-9-12-7-5-4-6-8-12/h4-8,13H,9-11H2,1-3H3,(H,17,19)/t13-/m1/s1. The Hall–Kier alpha value is -2.12. The van der Waals surface area contributed by atoms with Crippen LogP contribution in [-0.2, 0) is 25.6 Å². The summed E-state index contributed by atoms with van der Waals surface area (Å²) in [5, 5.41) is 2.58. The summed E-state index contributed by atoms with van der Waals surface area (Å²) >= 11 is 0. The van der Waals surface area contributed by atoms with E-state index in [1.807, 2.05) is 30.3 Å². The van der Waals surface area contributed by atoms with Crippen LogP contribution in [0, 0.1) is 0 Å². The van der Waals surface area contributed by atoms with E-state index in [0.29, 0.717) is 0 Å². The quantitative estimate of drug-likeness (QED) is 0.831. The van der Waals surface area contributed by atoms with Gasteiger partial charge in [-0.05, 0) is 19.4 Å². The van der Waals surface area contributed by atoms with Crippen LogP contribution in [0.2, 0.25) is 0 Å². The molecule has 1 heterocycles. The Kier molecular flexibility index (Phi) is 5.57. The lowest BCUT2D eigenvalue weighted by atomic mass is 10.2. The van der Waals surface area contributed by atoms with Crippen LogP contribution < -0.4 is 5.32 Å². The Labute approximate surface area is 135 Å². The summed E-state index contributed by atoms with van der Waals surface area (Å²) in [5.74, 6) is -0.339. The number of ether oxygens (including phenoxy) is 3. The first-order valence-electron chi connectivity index (χ1n) is 7.36. The normalized spacial score (nSPS) is 19.4. The van der Waals surface area contributed by atoms with Crippen molar-refractivity contribution in [2.75, 3.05) is 20.4 Å². The van der Waals surface area contributed by atoms with Crippen molar-refractivity contribution in [2.24, 2.45) is 0 Å². The summed E-state index contributed by atoms with van der Waals surface area (Å²) in [4.78, 5) is 25.9. The monoisotopic (exact) mass is 322 g/mol. The highest BCUT2D eigenvalue weighted by Gasteiger charge is 2.48. The molecule has 1 fully saturated rings. The summed E-state index contributed by atoms with van der Waals surface area (Å²) in [6.07, 6.45) is -0.589. The molecule has 1 atom stereocenters. The first-order chi connectivity index (χ1) is 11.0. The summed E-state index contributed by atoms with van der Waals surface area (Å²) in [5.41, 5.74) is -0.0396. The van der Waals surface area contributed by atoms with Gasteiger partial charge in [0.1, 0.15) is 25.1 Å². The molecule has 0 bridgehead atoms. The largest absolute Gasteiger partial charge is 0.444 e. The Balaban J connectivity index is 2.03. The SMILES string of the molecule is COCNC(=O)[C@H]1COC(C)(C)N1C(=O)OCc1ccccc1. The third kappa shape index (κ3) is 4.20. The molecule has 0 aromatic heterocycles. The minimum atomic E-state index is -0.914. The zero-order chi connectivity index (χ0) is 16.9. The van der Waals surface area contributed by atoms with E-state index in [-0.39, 0.29) is 25.9 Å². The molecular formula is C16H22N2O5. The molecular weight excluding hydrogens is 300 g/mol. The first kappa shape index (κ1) is 17.2. The van der Waals surface area contributed by atoms with Crippen molar-refractivity contribution in [3.8, 4) is 0 Å². The van der Waals surface area contributed by atoms with Gasteiger partial charge in [-0.25, -0.2) is 4.79 Å². The number of hydrogen-bond acceptors (Lipinski definition) is 5. The minimum absolute atomic E-state index is 0.0721. The molecule has 0 saturated carbocycles. The van der Waals surface area contributed by atoms with Crippen LogP contribution in [0.4, 0.5) is 4.79 Å². The lowest BCUT2D eigenvalue weighted by Crippen LogP contribution is -2.53. The molecule has 1 aliphatic heterocycles. The number of hydrogen-bond donors (Lipinski definition) is 1. The van der Waals surface area contributed by atoms with E-state index in [1.165, 1.54) is 12.0 Å². The van der Waals surface area contributed by atoms with E-state index >= 15 is 0 Å². The first-order valence-corrected chi connectivity index (χ1v) is 7.36. The fourth-order valence-corrected chi connectivity index (χ4v) is 2.39. The molecule has 23 heavy (non-hydrogen) atoms. The Morgan fingerprint density at radius 1 is 1.35 bits per heavy atom.